The number of nitrogens with two attached hydrogens (primary N) is 1. The van der Waals surface area contributed by atoms with E-state index in [2.05, 4.69) is 9.84 Å². The number of nitrogen functional groups attached to an aromatic ring is 1. The van der Waals surface area contributed by atoms with Crippen molar-refractivity contribution >= 4 is 5.97 Å². The first-order valence-electron chi connectivity index (χ1n) is 4.22. The van der Waals surface area contributed by atoms with Crippen molar-refractivity contribution in [1.82, 2.24) is 9.89 Å². The number of hydrogen-bond donors (Lipinski definition) is 1. The molecule has 5 nitrogen and oxygen atoms in total. The van der Waals surface area contributed by atoms with Gasteiger partial charge in [-0.2, -0.15) is 4.79 Å². The Morgan fingerprint density at radius 3 is 2.69 bits per heavy atom. The summed E-state index contributed by atoms with van der Waals surface area (Å²) in [5.41, 5.74) is 0.231. The summed E-state index contributed by atoms with van der Waals surface area (Å²) in [6.45, 7) is 6.08. The van der Waals surface area contributed by atoms with Crippen LogP contribution in [0.3, 0.4) is 0 Å². The van der Waals surface area contributed by atoms with Gasteiger partial charge in [-0.15, -0.1) is 5.10 Å². The van der Waals surface area contributed by atoms with Gasteiger partial charge in [0.05, 0.1) is 6.61 Å². The smallest absolute Gasteiger partial charge is 0.358 e. The summed E-state index contributed by atoms with van der Waals surface area (Å²) < 4.78 is 4.67. The van der Waals surface area contributed by atoms with E-state index in [0.717, 1.165) is 4.79 Å². The molecule has 1 aromatic heterocycles. The second-order valence-corrected chi connectivity index (χ2v) is 1.90. The van der Waals surface area contributed by atoms with Gasteiger partial charge in [0, 0.05) is 6.20 Å². The molecule has 0 saturated carbocycles. The van der Waals surface area contributed by atoms with Crippen molar-refractivity contribution in [3.63, 3.8) is 0 Å². The van der Waals surface area contributed by atoms with Crippen molar-refractivity contribution in [2.75, 3.05) is 12.4 Å². The van der Waals surface area contributed by atoms with Crippen LogP contribution in [0.1, 0.15) is 31.3 Å². The van der Waals surface area contributed by atoms with Gasteiger partial charge in [0.15, 0.2) is 5.69 Å². The number of nitrogens with zero attached hydrogens (tertiary/aromatic N) is 2. The Balaban J connectivity index is 0.000000671. The first-order valence-corrected chi connectivity index (χ1v) is 4.22. The summed E-state index contributed by atoms with van der Waals surface area (Å²) >= 11 is 0. The fourth-order valence-electron chi connectivity index (χ4n) is 0.652. The molecule has 0 radical (unpaired) electrons. The maximum absolute atomic E-state index is 10.9. The average Bonchev–Trinajstić information content (AvgIpc) is 2.56. The molecular formula is C8H15N3O2. The summed E-state index contributed by atoms with van der Waals surface area (Å²) in [4.78, 5) is 12.0. The third-order valence-electron chi connectivity index (χ3n) is 1.09. The van der Waals surface area contributed by atoms with Crippen LogP contribution in [0.2, 0.25) is 0 Å². The third-order valence-corrected chi connectivity index (χ3v) is 1.09. The molecule has 13 heavy (non-hydrogen) atoms. The standard InChI is InChI=1S/C6H9N3O2.C2H6/c1-2-11-6(10)5-3-4-9(7)8-5;1-2/h3-4H,2,7H2,1H3;1-2H3. The van der Waals surface area contributed by atoms with E-state index < -0.39 is 5.97 Å². The van der Waals surface area contributed by atoms with Gasteiger partial charge in [0.1, 0.15) is 0 Å². The predicted octanol–water partition coefficient (Wildman–Crippen LogP) is 0.800. The Morgan fingerprint density at radius 2 is 2.31 bits per heavy atom. The van der Waals surface area contributed by atoms with E-state index in [-0.39, 0.29) is 5.69 Å². The number of esters is 1. The molecule has 0 aromatic carbocycles. The lowest BCUT2D eigenvalue weighted by atomic mass is 10.4. The highest BCUT2D eigenvalue weighted by atomic mass is 16.5. The zero-order chi connectivity index (χ0) is 10.3. The van der Waals surface area contributed by atoms with Crippen LogP contribution in [0.4, 0.5) is 0 Å². The Hall–Kier alpha value is -1.52. The maximum atomic E-state index is 10.9. The summed E-state index contributed by atoms with van der Waals surface area (Å²) in [5, 5.41) is 3.65. The largest absolute Gasteiger partial charge is 0.461 e. The van der Waals surface area contributed by atoms with Crippen LogP contribution in [-0.4, -0.2) is 22.5 Å². The third kappa shape index (κ3) is 3.59. The molecule has 0 spiro atoms. The highest BCUT2D eigenvalue weighted by Gasteiger charge is 2.08. The quantitative estimate of drug-likeness (QED) is 0.546. The van der Waals surface area contributed by atoms with Gasteiger partial charge in [-0.1, -0.05) is 13.8 Å². The highest BCUT2D eigenvalue weighted by Crippen LogP contribution is 1.95. The van der Waals surface area contributed by atoms with Crippen molar-refractivity contribution in [2.45, 2.75) is 20.8 Å². The minimum atomic E-state index is -0.447. The van der Waals surface area contributed by atoms with E-state index in [1.165, 1.54) is 12.3 Å². The first-order chi connectivity index (χ1) is 6.24. The lowest BCUT2D eigenvalue weighted by Crippen LogP contribution is -2.11. The van der Waals surface area contributed by atoms with Crippen LogP contribution in [0.15, 0.2) is 12.3 Å². The van der Waals surface area contributed by atoms with Crippen LogP contribution in [0, 0.1) is 0 Å². The Kier molecular flexibility index (Phi) is 5.34. The van der Waals surface area contributed by atoms with Crippen molar-refractivity contribution in [3.8, 4) is 0 Å². The minimum absolute atomic E-state index is 0.231. The molecule has 0 unspecified atom stereocenters. The van der Waals surface area contributed by atoms with E-state index in [9.17, 15) is 4.79 Å². The van der Waals surface area contributed by atoms with E-state index >= 15 is 0 Å². The normalized spacial score (nSPS) is 8.54. The first kappa shape index (κ1) is 11.5. The molecule has 0 aliphatic carbocycles. The minimum Gasteiger partial charge on any atom is -0.461 e. The highest BCUT2D eigenvalue weighted by molar-refractivity contribution is 5.86. The molecule has 74 valence electrons. The number of hydrogen-bond acceptors (Lipinski definition) is 4. The van der Waals surface area contributed by atoms with Crippen LogP contribution < -0.4 is 5.84 Å². The molecule has 0 aliphatic heterocycles. The van der Waals surface area contributed by atoms with Crippen LogP contribution in [0.25, 0.3) is 0 Å². The fraction of sp³-hybridized carbons (Fsp3) is 0.500. The lowest BCUT2D eigenvalue weighted by molar-refractivity contribution is 0.0519. The molecule has 0 amide bonds. The number of carbonyl (C=O) groups excluding carboxylic acids is 1. The monoisotopic (exact) mass is 185 g/mol. The van der Waals surface area contributed by atoms with Crippen molar-refractivity contribution in [1.29, 1.82) is 0 Å². The summed E-state index contributed by atoms with van der Waals surface area (Å²) in [5.74, 6) is 4.76. The van der Waals surface area contributed by atoms with Gasteiger partial charge < -0.3 is 10.6 Å². The van der Waals surface area contributed by atoms with Gasteiger partial charge in [-0.05, 0) is 13.0 Å². The molecule has 0 atom stereocenters. The molecule has 1 heterocycles. The average molecular weight is 185 g/mol. The number of rotatable bonds is 2. The Morgan fingerprint density at radius 1 is 1.69 bits per heavy atom. The van der Waals surface area contributed by atoms with Gasteiger partial charge >= 0.3 is 5.97 Å². The summed E-state index contributed by atoms with van der Waals surface area (Å²) in [6, 6.07) is 1.50. The second-order valence-electron chi connectivity index (χ2n) is 1.90. The number of aromatic nitrogens is 2. The number of ether oxygens (including phenoxy) is 1. The van der Waals surface area contributed by atoms with Crippen molar-refractivity contribution in [2.24, 2.45) is 0 Å². The van der Waals surface area contributed by atoms with Gasteiger partial charge in [-0.3, -0.25) is 0 Å². The molecule has 0 fully saturated rings. The zero-order valence-electron chi connectivity index (χ0n) is 8.15. The molecule has 0 bridgehead atoms. The van der Waals surface area contributed by atoms with Crippen LogP contribution in [-0.2, 0) is 4.74 Å². The second kappa shape index (κ2) is 6.05. The van der Waals surface area contributed by atoms with Gasteiger partial charge in [0.25, 0.3) is 0 Å². The fourth-order valence-corrected chi connectivity index (χ4v) is 0.652. The van der Waals surface area contributed by atoms with Gasteiger partial charge in [-0.25, -0.2) is 4.79 Å². The number of carbonyl (C=O) groups is 1. The predicted molar refractivity (Wildman–Crippen MR) is 49.7 cm³/mol. The van der Waals surface area contributed by atoms with E-state index in [1.54, 1.807) is 6.92 Å². The Bertz CT molecular complexity index is 258. The topological polar surface area (TPSA) is 70.1 Å². The summed E-state index contributed by atoms with van der Waals surface area (Å²) in [7, 11) is 0. The van der Waals surface area contributed by atoms with Crippen LogP contribution >= 0.6 is 0 Å². The molecule has 0 aliphatic rings. The van der Waals surface area contributed by atoms with E-state index in [0.29, 0.717) is 6.61 Å². The SMILES string of the molecule is CC.CCOC(=O)c1ccn(N)n1. The Labute approximate surface area is 77.5 Å². The van der Waals surface area contributed by atoms with E-state index in [1.807, 2.05) is 13.8 Å². The maximum Gasteiger partial charge on any atom is 0.358 e. The van der Waals surface area contributed by atoms with Crippen molar-refractivity contribution in [3.05, 3.63) is 18.0 Å². The zero-order valence-corrected chi connectivity index (χ0v) is 8.15. The molecule has 1 aromatic rings. The van der Waals surface area contributed by atoms with Gasteiger partial charge in [0.2, 0.25) is 0 Å². The van der Waals surface area contributed by atoms with Crippen molar-refractivity contribution < 1.29 is 9.53 Å². The van der Waals surface area contributed by atoms with Crippen LogP contribution in [0.5, 0.6) is 0 Å². The molecule has 0 saturated heterocycles. The van der Waals surface area contributed by atoms with E-state index in [4.69, 9.17) is 5.84 Å². The molecular weight excluding hydrogens is 170 g/mol. The summed E-state index contributed by atoms with van der Waals surface area (Å²) in [6.07, 6.45) is 1.48. The molecule has 5 heteroatoms. The lowest BCUT2D eigenvalue weighted by Gasteiger charge is -1.95. The molecule has 1 rings (SSSR count). The molecule has 2 N–H and O–H groups in total.